The molecule has 222 valence electrons. The molecule has 0 radical (unpaired) electrons. The average molecular weight is 625 g/mol. The van der Waals surface area contributed by atoms with Crippen molar-refractivity contribution in [2.75, 3.05) is 42.1 Å². The van der Waals surface area contributed by atoms with E-state index in [2.05, 4.69) is 24.6 Å². The predicted octanol–water partition coefficient (Wildman–Crippen LogP) is 4.29. The van der Waals surface area contributed by atoms with E-state index in [1.807, 2.05) is 18.2 Å². The first kappa shape index (κ1) is 30.0. The zero-order valence-electron chi connectivity index (χ0n) is 23.1. The molecule has 0 bridgehead atoms. The summed E-state index contributed by atoms with van der Waals surface area (Å²) in [6.07, 6.45) is 7.34. The van der Waals surface area contributed by atoms with Crippen LogP contribution in [0.15, 0.2) is 77.1 Å². The van der Waals surface area contributed by atoms with Gasteiger partial charge in [-0.15, -0.1) is 11.8 Å². The van der Waals surface area contributed by atoms with Crippen molar-refractivity contribution in [1.82, 2.24) is 19.9 Å². The number of fused-ring (bicyclic) bond motifs is 1. The van der Waals surface area contributed by atoms with Gasteiger partial charge >= 0.3 is 0 Å². The van der Waals surface area contributed by atoms with Crippen LogP contribution < -0.4 is 9.62 Å². The Morgan fingerprint density at radius 3 is 2.42 bits per heavy atom. The molecule has 0 aliphatic carbocycles. The van der Waals surface area contributed by atoms with E-state index in [0.717, 1.165) is 17.5 Å². The van der Waals surface area contributed by atoms with Crippen molar-refractivity contribution in [3.05, 3.63) is 78.8 Å². The van der Waals surface area contributed by atoms with Gasteiger partial charge in [-0.25, -0.2) is 32.2 Å². The number of ketones is 1. The molecule has 1 saturated heterocycles. The van der Waals surface area contributed by atoms with E-state index in [4.69, 9.17) is 0 Å². The number of nitrogens with zero attached hydrogens (tertiary/aromatic N) is 5. The summed E-state index contributed by atoms with van der Waals surface area (Å²) in [7, 11) is -4.39. The molecule has 2 aromatic carbocycles. The van der Waals surface area contributed by atoms with Crippen LogP contribution in [0.5, 0.6) is 0 Å². The van der Waals surface area contributed by atoms with Gasteiger partial charge in [-0.3, -0.25) is 14.3 Å². The Labute approximate surface area is 250 Å². The van der Waals surface area contributed by atoms with Gasteiger partial charge in [0, 0.05) is 55.5 Å². The van der Waals surface area contributed by atoms with E-state index in [-0.39, 0.29) is 17.4 Å². The molecule has 1 aliphatic heterocycles. The Morgan fingerprint density at radius 2 is 1.72 bits per heavy atom. The van der Waals surface area contributed by atoms with Gasteiger partial charge < -0.3 is 9.80 Å². The van der Waals surface area contributed by atoms with Crippen molar-refractivity contribution in [3.63, 3.8) is 0 Å². The number of anilines is 2. The summed E-state index contributed by atoms with van der Waals surface area (Å²) >= 11 is 1.20. The lowest BCUT2D eigenvalue weighted by Gasteiger charge is -2.35. The Balaban J connectivity index is 1.43. The van der Waals surface area contributed by atoms with E-state index in [9.17, 15) is 26.8 Å². The number of carbonyl (C=O) groups excluding carboxylic acids is 2. The summed E-state index contributed by atoms with van der Waals surface area (Å²) in [6, 6.07) is 9.38. The number of nitrogens with one attached hydrogen (secondary N) is 1. The Kier molecular flexibility index (Phi) is 8.69. The molecule has 43 heavy (non-hydrogen) atoms. The predicted molar refractivity (Wildman–Crippen MR) is 160 cm³/mol. The lowest BCUT2D eigenvalue weighted by Crippen LogP contribution is -2.48. The molecule has 1 amide bonds. The van der Waals surface area contributed by atoms with Crippen LogP contribution in [0.3, 0.4) is 0 Å². The first-order valence-corrected chi connectivity index (χ1v) is 15.8. The fraction of sp³-hybridized carbons (Fsp3) is 0.207. The lowest BCUT2D eigenvalue weighted by molar-refractivity contribution is -0.126. The topological polar surface area (TPSA) is 125 Å². The molecule has 2 aromatic heterocycles. The molecule has 0 saturated carbocycles. The molecule has 1 aliphatic rings. The second kappa shape index (κ2) is 12.4. The highest BCUT2D eigenvalue weighted by molar-refractivity contribution is 7.98. The maximum atomic E-state index is 14.3. The number of carbonyl (C=O) groups is 2. The van der Waals surface area contributed by atoms with E-state index in [1.165, 1.54) is 37.2 Å². The van der Waals surface area contributed by atoms with Crippen molar-refractivity contribution in [2.24, 2.45) is 0 Å². The number of pyridine rings is 1. The number of halogens is 2. The highest BCUT2D eigenvalue weighted by atomic mass is 32.2. The van der Waals surface area contributed by atoms with Crippen molar-refractivity contribution in [2.45, 2.75) is 16.8 Å². The molecule has 5 rings (SSSR count). The SMILES string of the molecule is CSc1ncc(-c2ccc3ncnc(N4CCN(C(=O)/C=C/C(C)=O)CC4)c3c2)cc1NS(=O)(=O)c1ccc(F)cc1F. The molecule has 0 atom stereocenters. The van der Waals surface area contributed by atoms with Crippen LogP contribution in [-0.4, -0.2) is 72.4 Å². The maximum Gasteiger partial charge on any atom is 0.264 e. The Hall–Kier alpha value is -4.43. The Bertz CT molecular complexity index is 1860. The highest BCUT2D eigenvalue weighted by Gasteiger charge is 2.24. The summed E-state index contributed by atoms with van der Waals surface area (Å²) in [5, 5.41) is 1.12. The fourth-order valence-electron chi connectivity index (χ4n) is 4.65. The standard InChI is InChI=1S/C29H26F2N6O4S2/c1-18(38)3-8-27(39)36-9-11-37(12-10-36)28-22-13-19(4-6-24(22)33-17-34-28)20-14-25(29(42-2)32-16-20)35-43(40,41)26-7-5-21(30)15-23(26)31/h3-8,13-17,35H,9-12H2,1-2H3/b8-3+. The third kappa shape index (κ3) is 6.65. The van der Waals surface area contributed by atoms with Gasteiger partial charge in [0.2, 0.25) is 5.91 Å². The molecule has 3 heterocycles. The van der Waals surface area contributed by atoms with Crippen LogP contribution in [0.25, 0.3) is 22.0 Å². The van der Waals surface area contributed by atoms with E-state index in [0.29, 0.717) is 59.7 Å². The van der Waals surface area contributed by atoms with Crippen LogP contribution in [0, 0.1) is 11.6 Å². The van der Waals surface area contributed by atoms with Gasteiger partial charge in [0.05, 0.1) is 11.2 Å². The van der Waals surface area contributed by atoms with Gasteiger partial charge in [0.25, 0.3) is 10.0 Å². The van der Waals surface area contributed by atoms with E-state index in [1.54, 1.807) is 23.4 Å². The molecule has 10 nitrogen and oxygen atoms in total. The number of rotatable bonds is 8. The first-order valence-electron chi connectivity index (χ1n) is 13.1. The monoisotopic (exact) mass is 624 g/mol. The number of amides is 1. The van der Waals surface area contributed by atoms with Crippen LogP contribution in [0.1, 0.15) is 6.92 Å². The molecule has 0 unspecified atom stereocenters. The number of piperazine rings is 1. The van der Waals surface area contributed by atoms with Gasteiger partial charge in [-0.2, -0.15) is 0 Å². The molecule has 14 heteroatoms. The first-order chi connectivity index (χ1) is 20.6. The number of hydrogen-bond acceptors (Lipinski definition) is 9. The molecule has 1 fully saturated rings. The zero-order chi connectivity index (χ0) is 30.7. The molecule has 0 spiro atoms. The Morgan fingerprint density at radius 1 is 0.953 bits per heavy atom. The third-order valence-electron chi connectivity index (χ3n) is 6.77. The average Bonchev–Trinajstić information content (AvgIpc) is 2.99. The van der Waals surface area contributed by atoms with Gasteiger partial charge in [-0.05, 0) is 55.2 Å². The molecular formula is C29H26F2N6O4S2. The largest absolute Gasteiger partial charge is 0.352 e. The summed E-state index contributed by atoms with van der Waals surface area (Å²) in [6.45, 7) is 3.32. The minimum atomic E-state index is -4.39. The van der Waals surface area contributed by atoms with Crippen LogP contribution >= 0.6 is 11.8 Å². The van der Waals surface area contributed by atoms with Crippen molar-refractivity contribution in [1.29, 1.82) is 0 Å². The van der Waals surface area contributed by atoms with Crippen molar-refractivity contribution in [3.8, 4) is 11.1 Å². The number of allylic oxidation sites excluding steroid dienone is 1. The van der Waals surface area contributed by atoms with Gasteiger partial charge in [0.1, 0.15) is 33.7 Å². The highest BCUT2D eigenvalue weighted by Crippen LogP contribution is 2.33. The lowest BCUT2D eigenvalue weighted by atomic mass is 10.0. The second-order valence-electron chi connectivity index (χ2n) is 9.65. The van der Waals surface area contributed by atoms with Gasteiger partial charge in [0.15, 0.2) is 5.78 Å². The van der Waals surface area contributed by atoms with E-state index >= 15 is 0 Å². The smallest absolute Gasteiger partial charge is 0.264 e. The van der Waals surface area contributed by atoms with Crippen LogP contribution in [0.2, 0.25) is 0 Å². The third-order valence-corrected chi connectivity index (χ3v) is 8.88. The number of thioether (sulfide) groups is 1. The summed E-state index contributed by atoms with van der Waals surface area (Å²) < 4.78 is 56.1. The maximum absolute atomic E-state index is 14.3. The number of sulfonamides is 1. The number of aromatic nitrogens is 3. The minimum Gasteiger partial charge on any atom is -0.352 e. The molecule has 1 N–H and O–H groups in total. The minimum absolute atomic E-state index is 0.137. The number of hydrogen-bond donors (Lipinski definition) is 1. The van der Waals surface area contributed by atoms with Crippen molar-refractivity contribution < 1.29 is 26.8 Å². The van der Waals surface area contributed by atoms with E-state index < -0.39 is 26.6 Å². The summed E-state index contributed by atoms with van der Waals surface area (Å²) in [5.41, 5.74) is 2.12. The zero-order valence-corrected chi connectivity index (χ0v) is 24.8. The van der Waals surface area contributed by atoms with Gasteiger partial charge in [-0.1, -0.05) is 6.07 Å². The van der Waals surface area contributed by atoms with Crippen molar-refractivity contribution >= 4 is 55.9 Å². The fourth-order valence-corrected chi connectivity index (χ4v) is 6.32. The molecule has 4 aromatic rings. The summed E-state index contributed by atoms with van der Waals surface area (Å²) in [5.74, 6) is -1.83. The summed E-state index contributed by atoms with van der Waals surface area (Å²) in [4.78, 5) is 39.9. The van der Waals surface area contributed by atoms with Crippen LogP contribution in [-0.2, 0) is 19.6 Å². The quantitative estimate of drug-likeness (QED) is 0.226. The van der Waals surface area contributed by atoms with Crippen LogP contribution in [0.4, 0.5) is 20.3 Å². The molecular weight excluding hydrogens is 598 g/mol. The second-order valence-corrected chi connectivity index (χ2v) is 12.1. The number of benzene rings is 2. The normalized spacial score (nSPS) is 14.0.